The van der Waals surface area contributed by atoms with Gasteiger partial charge in [-0.05, 0) is 67.6 Å². The Balaban J connectivity index is 1.51. The van der Waals surface area contributed by atoms with E-state index >= 15 is 0 Å². The minimum atomic E-state index is -0.145. The predicted molar refractivity (Wildman–Crippen MR) is 122 cm³/mol. The van der Waals surface area contributed by atoms with Crippen LogP contribution in [0.15, 0.2) is 48.5 Å². The molecule has 1 aliphatic heterocycles. The Kier molecular flexibility index (Phi) is 7.88. The van der Waals surface area contributed by atoms with Crippen molar-refractivity contribution >= 4 is 29.1 Å². The maximum Gasteiger partial charge on any atom is 0.253 e. The van der Waals surface area contributed by atoms with Gasteiger partial charge in [-0.1, -0.05) is 29.8 Å². The zero-order valence-corrected chi connectivity index (χ0v) is 18.5. The van der Waals surface area contributed by atoms with E-state index in [1.165, 1.54) is 12.5 Å². The van der Waals surface area contributed by atoms with Crippen LogP contribution in [-0.4, -0.2) is 54.8 Å². The van der Waals surface area contributed by atoms with Crippen LogP contribution >= 0.6 is 11.6 Å². The highest BCUT2D eigenvalue weighted by Gasteiger charge is 2.23. The molecule has 5 nitrogen and oxygen atoms in total. The number of likely N-dealkylation sites (tertiary alicyclic amines) is 1. The van der Waals surface area contributed by atoms with E-state index in [0.29, 0.717) is 17.2 Å². The van der Waals surface area contributed by atoms with E-state index in [2.05, 4.69) is 22.3 Å². The summed E-state index contributed by atoms with van der Waals surface area (Å²) in [6.45, 7) is 5.34. The molecule has 0 unspecified atom stereocenters. The highest BCUT2D eigenvalue weighted by molar-refractivity contribution is 6.30. The Bertz CT molecular complexity index is 869. The molecule has 1 fully saturated rings. The van der Waals surface area contributed by atoms with Crippen molar-refractivity contribution in [3.8, 4) is 0 Å². The fraction of sp³-hybridized carbons (Fsp3) is 0.417. The van der Waals surface area contributed by atoms with Crippen LogP contribution in [0.25, 0.3) is 0 Å². The highest BCUT2D eigenvalue weighted by atomic mass is 35.5. The van der Waals surface area contributed by atoms with Crippen LogP contribution in [0.3, 0.4) is 0 Å². The number of hydrogen-bond donors (Lipinski definition) is 1. The van der Waals surface area contributed by atoms with Gasteiger partial charge in [-0.15, -0.1) is 0 Å². The van der Waals surface area contributed by atoms with Gasteiger partial charge in [0.15, 0.2) is 0 Å². The lowest BCUT2D eigenvalue weighted by atomic mass is 9.96. The molecule has 3 rings (SSSR count). The Labute approximate surface area is 184 Å². The number of rotatable bonds is 7. The van der Waals surface area contributed by atoms with Gasteiger partial charge in [0.05, 0.1) is 0 Å². The topological polar surface area (TPSA) is 52.7 Å². The van der Waals surface area contributed by atoms with Crippen molar-refractivity contribution in [2.24, 2.45) is 5.92 Å². The van der Waals surface area contributed by atoms with Gasteiger partial charge >= 0.3 is 0 Å². The molecular formula is C24H30ClN3O2. The van der Waals surface area contributed by atoms with E-state index in [4.69, 9.17) is 11.6 Å². The minimum absolute atomic E-state index is 0.0134. The van der Waals surface area contributed by atoms with Gasteiger partial charge in [-0.25, -0.2) is 0 Å². The third-order valence-corrected chi connectivity index (χ3v) is 5.79. The molecule has 6 heteroatoms. The molecule has 0 spiro atoms. The van der Waals surface area contributed by atoms with Gasteiger partial charge < -0.3 is 15.1 Å². The number of piperidine rings is 1. The first kappa shape index (κ1) is 22.3. The third-order valence-electron chi connectivity index (χ3n) is 5.54. The van der Waals surface area contributed by atoms with Crippen molar-refractivity contribution in [2.75, 3.05) is 38.5 Å². The lowest BCUT2D eigenvalue weighted by Gasteiger charge is -2.34. The average Bonchev–Trinajstić information content (AvgIpc) is 2.73. The van der Waals surface area contributed by atoms with E-state index in [1.54, 1.807) is 29.2 Å². The van der Waals surface area contributed by atoms with Crippen LogP contribution in [0, 0.1) is 5.92 Å². The van der Waals surface area contributed by atoms with E-state index in [0.717, 1.165) is 50.5 Å². The third kappa shape index (κ3) is 6.57. The summed E-state index contributed by atoms with van der Waals surface area (Å²) in [6, 6.07) is 15.2. The lowest BCUT2D eigenvalue weighted by molar-refractivity contribution is -0.114. The number of carbonyl (C=O) groups is 2. The largest absolute Gasteiger partial charge is 0.341 e. The number of nitrogens with one attached hydrogen (secondary N) is 1. The van der Waals surface area contributed by atoms with Crippen molar-refractivity contribution < 1.29 is 9.59 Å². The number of amides is 2. The van der Waals surface area contributed by atoms with Crippen molar-refractivity contribution in [1.82, 2.24) is 9.80 Å². The number of nitrogens with zero attached hydrogens (tertiary/aromatic N) is 2. The van der Waals surface area contributed by atoms with Gasteiger partial charge in [-0.3, -0.25) is 9.59 Å². The Morgan fingerprint density at radius 1 is 1.20 bits per heavy atom. The van der Waals surface area contributed by atoms with E-state index in [1.807, 2.05) is 19.2 Å². The second kappa shape index (κ2) is 10.6. The van der Waals surface area contributed by atoms with Crippen molar-refractivity contribution in [2.45, 2.75) is 26.2 Å². The number of halogens is 1. The van der Waals surface area contributed by atoms with Crippen LogP contribution < -0.4 is 5.32 Å². The van der Waals surface area contributed by atoms with E-state index in [9.17, 15) is 9.59 Å². The van der Waals surface area contributed by atoms with Crippen LogP contribution in [0.2, 0.25) is 5.02 Å². The first-order chi connectivity index (χ1) is 14.4. The molecule has 2 aromatic rings. The minimum Gasteiger partial charge on any atom is -0.341 e. The molecular weight excluding hydrogens is 398 g/mol. The molecule has 0 aromatic heterocycles. The summed E-state index contributed by atoms with van der Waals surface area (Å²) in [6.07, 6.45) is 3.31. The average molecular weight is 428 g/mol. The van der Waals surface area contributed by atoms with Gasteiger partial charge in [0.2, 0.25) is 5.91 Å². The fourth-order valence-corrected chi connectivity index (χ4v) is 4.19. The molecule has 1 saturated heterocycles. The fourth-order valence-electron chi connectivity index (χ4n) is 4.07. The molecule has 2 amide bonds. The molecule has 1 aliphatic rings. The summed E-state index contributed by atoms with van der Waals surface area (Å²) < 4.78 is 0. The maximum absolute atomic E-state index is 12.9. The van der Waals surface area contributed by atoms with Crippen molar-refractivity contribution in [3.05, 3.63) is 64.7 Å². The smallest absolute Gasteiger partial charge is 0.253 e. The van der Waals surface area contributed by atoms with Crippen LogP contribution in [0.1, 0.15) is 35.7 Å². The quantitative estimate of drug-likeness (QED) is 0.715. The molecule has 160 valence electrons. The summed E-state index contributed by atoms with van der Waals surface area (Å²) in [7, 11) is 1.86. The summed E-state index contributed by atoms with van der Waals surface area (Å²) in [5.41, 5.74) is 2.54. The molecule has 0 bridgehead atoms. The number of benzene rings is 2. The normalized spacial score (nSPS) is 16.8. The summed E-state index contributed by atoms with van der Waals surface area (Å²) in [4.78, 5) is 28.4. The molecule has 1 heterocycles. The Morgan fingerprint density at radius 2 is 1.97 bits per heavy atom. The molecule has 1 N–H and O–H groups in total. The summed E-state index contributed by atoms with van der Waals surface area (Å²) >= 11 is 5.97. The zero-order valence-electron chi connectivity index (χ0n) is 17.7. The molecule has 0 aliphatic carbocycles. The van der Waals surface area contributed by atoms with Gasteiger partial charge in [-0.2, -0.15) is 0 Å². The second-order valence-electron chi connectivity index (χ2n) is 8.13. The molecule has 30 heavy (non-hydrogen) atoms. The Hall–Kier alpha value is -2.37. The molecule has 0 radical (unpaired) electrons. The van der Waals surface area contributed by atoms with Gasteiger partial charge in [0.25, 0.3) is 5.91 Å². The van der Waals surface area contributed by atoms with Crippen LogP contribution in [-0.2, 0) is 11.2 Å². The maximum atomic E-state index is 12.9. The lowest BCUT2D eigenvalue weighted by Crippen LogP contribution is -2.42. The van der Waals surface area contributed by atoms with Gasteiger partial charge in [0.1, 0.15) is 0 Å². The summed E-state index contributed by atoms with van der Waals surface area (Å²) in [5, 5.41) is 3.50. The number of hydrogen-bond acceptors (Lipinski definition) is 3. The van der Waals surface area contributed by atoms with E-state index < -0.39 is 0 Å². The second-order valence-corrected chi connectivity index (χ2v) is 8.57. The van der Waals surface area contributed by atoms with Crippen LogP contribution in [0.4, 0.5) is 5.69 Å². The molecule has 2 aromatic carbocycles. The first-order valence-corrected chi connectivity index (χ1v) is 10.9. The zero-order chi connectivity index (χ0) is 21.5. The standard InChI is InChI=1S/C24H30ClN3O2/c1-18(29)26-23-7-3-6-21(15-23)24(30)27(2)16-20-5-4-13-28(17-20)14-12-19-8-10-22(25)11-9-19/h3,6-11,15,20H,4-5,12-14,16-17H2,1-2H3,(H,26,29)/t20-/m1/s1. The Morgan fingerprint density at radius 3 is 2.70 bits per heavy atom. The van der Waals surface area contributed by atoms with Gasteiger partial charge in [0, 0.05) is 49.9 Å². The van der Waals surface area contributed by atoms with E-state index in [-0.39, 0.29) is 11.8 Å². The highest BCUT2D eigenvalue weighted by Crippen LogP contribution is 2.20. The predicted octanol–water partition coefficient (Wildman–Crippen LogP) is 4.33. The SMILES string of the molecule is CC(=O)Nc1cccc(C(=O)N(C)C[C@H]2CCCN(CCc3ccc(Cl)cc3)C2)c1. The first-order valence-electron chi connectivity index (χ1n) is 10.5. The number of anilines is 1. The monoisotopic (exact) mass is 427 g/mol. The van der Waals surface area contributed by atoms with Crippen molar-refractivity contribution in [1.29, 1.82) is 0 Å². The van der Waals surface area contributed by atoms with Crippen molar-refractivity contribution in [3.63, 3.8) is 0 Å². The number of carbonyl (C=O) groups excluding carboxylic acids is 2. The summed E-state index contributed by atoms with van der Waals surface area (Å²) in [5.74, 6) is 0.311. The van der Waals surface area contributed by atoms with Crippen LogP contribution in [0.5, 0.6) is 0 Å². The molecule has 0 saturated carbocycles. The molecule has 1 atom stereocenters.